The number of nitrogens with two attached hydrogens (primary N) is 1. The first-order valence-electron chi connectivity index (χ1n) is 7.00. The molecule has 0 bridgehead atoms. The number of hydrogen-bond acceptors (Lipinski definition) is 3. The fraction of sp³-hybridized carbons (Fsp3) is 0.667. The Hall–Kier alpha value is -0.870. The van der Waals surface area contributed by atoms with Gasteiger partial charge in [0.25, 0.3) is 0 Å². The van der Waals surface area contributed by atoms with Gasteiger partial charge in [-0.25, -0.2) is 0 Å². The molecule has 1 aliphatic rings. The van der Waals surface area contributed by atoms with Gasteiger partial charge in [-0.05, 0) is 41.7 Å². The van der Waals surface area contributed by atoms with Gasteiger partial charge in [-0.2, -0.15) is 0 Å². The summed E-state index contributed by atoms with van der Waals surface area (Å²) in [6.07, 6.45) is 3.18. The third kappa shape index (κ3) is 3.18. The summed E-state index contributed by atoms with van der Waals surface area (Å²) >= 11 is 1.77. The molecule has 0 spiro atoms. The topological polar surface area (TPSA) is 55.1 Å². The van der Waals surface area contributed by atoms with E-state index in [1.54, 1.807) is 11.3 Å². The van der Waals surface area contributed by atoms with Crippen LogP contribution in [0.3, 0.4) is 0 Å². The SMILES string of the molecule is CC(C)(C)C(CN)NC(=O)C1CCCc2sccc21. The monoisotopic (exact) mass is 280 g/mol. The van der Waals surface area contributed by atoms with Crippen molar-refractivity contribution in [3.05, 3.63) is 21.9 Å². The van der Waals surface area contributed by atoms with Crippen molar-refractivity contribution < 1.29 is 4.79 Å². The van der Waals surface area contributed by atoms with Gasteiger partial charge in [0, 0.05) is 17.5 Å². The molecule has 0 radical (unpaired) electrons. The number of thiophene rings is 1. The number of amides is 1. The van der Waals surface area contributed by atoms with E-state index in [1.807, 2.05) is 0 Å². The number of carbonyl (C=O) groups is 1. The van der Waals surface area contributed by atoms with E-state index in [0.717, 1.165) is 19.3 Å². The fourth-order valence-electron chi connectivity index (χ4n) is 2.66. The maximum Gasteiger partial charge on any atom is 0.227 e. The van der Waals surface area contributed by atoms with Crippen molar-refractivity contribution in [2.75, 3.05) is 6.54 Å². The van der Waals surface area contributed by atoms with E-state index in [1.165, 1.54) is 10.4 Å². The van der Waals surface area contributed by atoms with E-state index in [0.29, 0.717) is 6.54 Å². The zero-order valence-electron chi connectivity index (χ0n) is 12.0. The van der Waals surface area contributed by atoms with Crippen LogP contribution in [0.2, 0.25) is 0 Å². The van der Waals surface area contributed by atoms with Crippen LogP contribution in [0.1, 0.15) is 50.0 Å². The Morgan fingerprint density at radius 2 is 2.32 bits per heavy atom. The van der Waals surface area contributed by atoms with Gasteiger partial charge in [-0.3, -0.25) is 4.79 Å². The molecule has 1 aliphatic carbocycles. The summed E-state index contributed by atoms with van der Waals surface area (Å²) in [5.41, 5.74) is 7.03. The highest BCUT2D eigenvalue weighted by molar-refractivity contribution is 7.10. The van der Waals surface area contributed by atoms with Crippen LogP contribution in [0, 0.1) is 5.41 Å². The molecule has 2 atom stereocenters. The van der Waals surface area contributed by atoms with Crippen molar-refractivity contribution in [2.45, 2.75) is 52.0 Å². The molecule has 2 rings (SSSR count). The Labute approximate surface area is 119 Å². The summed E-state index contributed by atoms with van der Waals surface area (Å²) in [5.74, 6) is 0.163. The van der Waals surface area contributed by atoms with Crippen LogP contribution in [0.25, 0.3) is 0 Å². The lowest BCUT2D eigenvalue weighted by Crippen LogP contribution is -2.50. The Kier molecular flexibility index (Phi) is 4.31. The van der Waals surface area contributed by atoms with E-state index in [-0.39, 0.29) is 23.3 Å². The van der Waals surface area contributed by atoms with Crippen molar-refractivity contribution in [1.82, 2.24) is 5.32 Å². The highest BCUT2D eigenvalue weighted by atomic mass is 32.1. The molecule has 0 saturated carbocycles. The van der Waals surface area contributed by atoms with Gasteiger partial charge in [0.1, 0.15) is 0 Å². The second-order valence-electron chi connectivity index (χ2n) is 6.41. The maximum absolute atomic E-state index is 12.5. The second kappa shape index (κ2) is 5.63. The minimum absolute atomic E-state index is 0.00342. The molecule has 106 valence electrons. The zero-order valence-corrected chi connectivity index (χ0v) is 12.8. The largest absolute Gasteiger partial charge is 0.351 e. The van der Waals surface area contributed by atoms with Crippen molar-refractivity contribution in [3.8, 4) is 0 Å². The molecule has 1 aromatic rings. The lowest BCUT2D eigenvalue weighted by Gasteiger charge is -2.32. The summed E-state index contributed by atoms with van der Waals surface area (Å²) in [7, 11) is 0. The summed E-state index contributed by atoms with van der Waals surface area (Å²) in [6.45, 7) is 6.82. The third-order valence-corrected chi connectivity index (χ3v) is 4.96. The first-order valence-corrected chi connectivity index (χ1v) is 7.88. The van der Waals surface area contributed by atoms with E-state index in [4.69, 9.17) is 5.73 Å². The zero-order chi connectivity index (χ0) is 14.0. The Bertz CT molecular complexity index is 447. The summed E-state index contributed by atoms with van der Waals surface area (Å²) in [4.78, 5) is 13.9. The second-order valence-corrected chi connectivity index (χ2v) is 7.41. The van der Waals surface area contributed by atoms with E-state index in [2.05, 4.69) is 37.5 Å². The van der Waals surface area contributed by atoms with Gasteiger partial charge in [-0.15, -0.1) is 11.3 Å². The van der Waals surface area contributed by atoms with E-state index >= 15 is 0 Å². The summed E-state index contributed by atoms with van der Waals surface area (Å²) in [6, 6.07) is 2.14. The molecule has 4 heteroatoms. The van der Waals surface area contributed by atoms with Crippen LogP contribution in [0.5, 0.6) is 0 Å². The number of aryl methyl sites for hydroxylation is 1. The van der Waals surface area contributed by atoms with Crippen molar-refractivity contribution in [3.63, 3.8) is 0 Å². The van der Waals surface area contributed by atoms with Crippen LogP contribution in [0.4, 0.5) is 0 Å². The van der Waals surface area contributed by atoms with E-state index < -0.39 is 0 Å². The first-order chi connectivity index (χ1) is 8.93. The van der Waals surface area contributed by atoms with Crippen LogP contribution >= 0.6 is 11.3 Å². The van der Waals surface area contributed by atoms with Crippen molar-refractivity contribution in [2.24, 2.45) is 11.1 Å². The molecule has 19 heavy (non-hydrogen) atoms. The van der Waals surface area contributed by atoms with Crippen LogP contribution < -0.4 is 11.1 Å². The molecule has 1 aromatic heterocycles. The average molecular weight is 280 g/mol. The number of fused-ring (bicyclic) bond motifs is 1. The Morgan fingerprint density at radius 3 is 2.95 bits per heavy atom. The number of rotatable bonds is 3. The molecule has 1 amide bonds. The van der Waals surface area contributed by atoms with Crippen LogP contribution in [0.15, 0.2) is 11.4 Å². The molecule has 2 unspecified atom stereocenters. The smallest absolute Gasteiger partial charge is 0.227 e. The quantitative estimate of drug-likeness (QED) is 0.894. The number of hydrogen-bond donors (Lipinski definition) is 2. The predicted molar refractivity (Wildman–Crippen MR) is 80.4 cm³/mol. The van der Waals surface area contributed by atoms with Gasteiger partial charge in [0.15, 0.2) is 0 Å². The number of carbonyl (C=O) groups excluding carboxylic acids is 1. The highest BCUT2D eigenvalue weighted by Crippen LogP contribution is 2.35. The molecular weight excluding hydrogens is 256 g/mol. The van der Waals surface area contributed by atoms with E-state index in [9.17, 15) is 4.79 Å². The van der Waals surface area contributed by atoms with Gasteiger partial charge >= 0.3 is 0 Å². The molecule has 0 aromatic carbocycles. The van der Waals surface area contributed by atoms with Crippen LogP contribution in [-0.2, 0) is 11.2 Å². The Balaban J connectivity index is 2.10. The Morgan fingerprint density at radius 1 is 1.58 bits per heavy atom. The molecule has 0 fully saturated rings. The molecule has 0 aliphatic heterocycles. The molecular formula is C15H24N2OS. The highest BCUT2D eigenvalue weighted by Gasteiger charge is 2.31. The minimum Gasteiger partial charge on any atom is -0.351 e. The molecule has 3 N–H and O–H groups in total. The summed E-state index contributed by atoms with van der Waals surface area (Å²) < 4.78 is 0. The minimum atomic E-state index is -0.00342. The van der Waals surface area contributed by atoms with Gasteiger partial charge < -0.3 is 11.1 Å². The predicted octanol–water partition coefficient (Wildman–Crippen LogP) is 2.66. The molecule has 1 heterocycles. The fourth-order valence-corrected chi connectivity index (χ4v) is 3.65. The summed E-state index contributed by atoms with van der Waals surface area (Å²) in [5, 5.41) is 5.25. The third-order valence-electron chi connectivity index (χ3n) is 3.97. The normalized spacial score (nSPS) is 20.7. The van der Waals surface area contributed by atoms with Crippen molar-refractivity contribution >= 4 is 17.2 Å². The lowest BCUT2D eigenvalue weighted by molar-refractivity contribution is -0.124. The molecule has 3 nitrogen and oxygen atoms in total. The van der Waals surface area contributed by atoms with Crippen LogP contribution in [-0.4, -0.2) is 18.5 Å². The van der Waals surface area contributed by atoms with Crippen molar-refractivity contribution in [1.29, 1.82) is 0 Å². The van der Waals surface area contributed by atoms with Gasteiger partial charge in [-0.1, -0.05) is 20.8 Å². The van der Waals surface area contributed by atoms with Gasteiger partial charge in [0.2, 0.25) is 5.91 Å². The number of nitrogens with one attached hydrogen (secondary N) is 1. The van der Waals surface area contributed by atoms with Gasteiger partial charge in [0.05, 0.1) is 5.92 Å². The average Bonchev–Trinajstić information content (AvgIpc) is 2.81. The lowest BCUT2D eigenvalue weighted by atomic mass is 9.84. The first kappa shape index (κ1) is 14.5. The standard InChI is InChI=1S/C15H24N2OS/c1-15(2,3)13(9-16)17-14(18)11-5-4-6-12-10(11)7-8-19-12/h7-8,11,13H,4-6,9,16H2,1-3H3,(H,17,18). The molecule has 0 saturated heterocycles. The maximum atomic E-state index is 12.5.